The highest BCUT2D eigenvalue weighted by Crippen LogP contribution is 2.24. The summed E-state index contributed by atoms with van der Waals surface area (Å²) in [6, 6.07) is 3.87. The Morgan fingerprint density at radius 1 is 1.47 bits per heavy atom. The Hall–Kier alpha value is -1.65. The van der Waals surface area contributed by atoms with Crippen molar-refractivity contribution in [2.75, 3.05) is 11.9 Å². The van der Waals surface area contributed by atoms with E-state index in [0.717, 1.165) is 18.9 Å². The highest BCUT2D eigenvalue weighted by Gasteiger charge is 2.15. The molecule has 1 atom stereocenters. The van der Waals surface area contributed by atoms with Crippen LogP contribution < -0.4 is 4.90 Å². The van der Waals surface area contributed by atoms with Gasteiger partial charge in [-0.2, -0.15) is 0 Å². The molecule has 5 heteroatoms. The summed E-state index contributed by atoms with van der Waals surface area (Å²) in [6.07, 6.45) is 1.98. The average molecular weight is 240 g/mol. The van der Waals surface area contributed by atoms with Crippen molar-refractivity contribution in [3.8, 4) is 0 Å². The third-order valence-electron chi connectivity index (χ3n) is 2.85. The number of nitro groups is 1. The molecule has 0 heterocycles. The Bertz CT molecular complexity index is 409. The van der Waals surface area contributed by atoms with E-state index in [1.54, 1.807) is 0 Å². The molecule has 0 saturated heterocycles. The summed E-state index contributed by atoms with van der Waals surface area (Å²) < 4.78 is 13.3. The molecule has 0 spiro atoms. The molecule has 0 fully saturated rings. The van der Waals surface area contributed by atoms with Gasteiger partial charge in [0, 0.05) is 24.8 Å². The summed E-state index contributed by atoms with van der Waals surface area (Å²) in [5.41, 5.74) is 0.327. The molecule has 0 aromatic heterocycles. The quantitative estimate of drug-likeness (QED) is 0.585. The summed E-state index contributed by atoms with van der Waals surface area (Å²) in [5, 5.41) is 10.6. The van der Waals surface area contributed by atoms with E-state index in [1.165, 1.54) is 12.1 Å². The van der Waals surface area contributed by atoms with Gasteiger partial charge in [0.05, 0.1) is 11.0 Å². The van der Waals surface area contributed by atoms with Gasteiger partial charge in [-0.05, 0) is 19.4 Å². The van der Waals surface area contributed by atoms with E-state index in [4.69, 9.17) is 0 Å². The fourth-order valence-electron chi connectivity index (χ4n) is 1.73. The number of nitrogens with zero attached hydrogens (tertiary/aromatic N) is 2. The summed E-state index contributed by atoms with van der Waals surface area (Å²) in [5.74, 6) is -0.579. The smallest absolute Gasteiger partial charge is 0.274 e. The lowest BCUT2D eigenvalue weighted by Gasteiger charge is -2.26. The zero-order valence-corrected chi connectivity index (χ0v) is 10.3. The van der Waals surface area contributed by atoms with E-state index in [9.17, 15) is 14.5 Å². The number of hydrogen-bond donors (Lipinski definition) is 0. The van der Waals surface area contributed by atoms with Crippen molar-refractivity contribution in [3.63, 3.8) is 0 Å². The van der Waals surface area contributed by atoms with Crippen LogP contribution in [0.4, 0.5) is 15.8 Å². The summed E-state index contributed by atoms with van der Waals surface area (Å²) >= 11 is 0. The predicted octanol–water partition coefficient (Wildman–Crippen LogP) is 3.36. The van der Waals surface area contributed by atoms with Gasteiger partial charge in [-0.25, -0.2) is 4.39 Å². The van der Waals surface area contributed by atoms with Gasteiger partial charge in [0.25, 0.3) is 5.69 Å². The Morgan fingerprint density at radius 2 is 2.12 bits per heavy atom. The van der Waals surface area contributed by atoms with Crippen LogP contribution in [-0.4, -0.2) is 18.0 Å². The van der Waals surface area contributed by atoms with E-state index < -0.39 is 10.7 Å². The molecule has 0 aliphatic carbocycles. The zero-order valence-electron chi connectivity index (χ0n) is 10.3. The number of anilines is 1. The lowest BCUT2D eigenvalue weighted by Crippen LogP contribution is -2.28. The van der Waals surface area contributed by atoms with E-state index >= 15 is 0 Å². The highest BCUT2D eigenvalue weighted by atomic mass is 19.1. The van der Waals surface area contributed by atoms with Crippen LogP contribution >= 0.6 is 0 Å². The first-order valence-electron chi connectivity index (χ1n) is 5.63. The largest absolute Gasteiger partial charge is 0.372 e. The number of rotatable bonds is 5. The molecule has 1 rings (SSSR count). The third kappa shape index (κ3) is 3.41. The normalized spacial score (nSPS) is 12.2. The maximum Gasteiger partial charge on any atom is 0.274 e. The minimum atomic E-state index is -0.579. The number of hydrogen-bond acceptors (Lipinski definition) is 3. The molecule has 0 N–H and O–H groups in total. The van der Waals surface area contributed by atoms with Crippen LogP contribution in [0.5, 0.6) is 0 Å². The standard InChI is InChI=1S/C12H17FN2O2/c1-4-5-9(2)14(3)11-6-10(13)7-12(8-11)15(16)17/h6-9H,4-5H2,1-3H3. The van der Waals surface area contributed by atoms with Crippen molar-refractivity contribution in [1.82, 2.24) is 0 Å². The second-order valence-electron chi connectivity index (χ2n) is 4.17. The minimum absolute atomic E-state index is 0.212. The zero-order chi connectivity index (χ0) is 13.0. The van der Waals surface area contributed by atoms with Crippen LogP contribution in [0.3, 0.4) is 0 Å². The molecule has 0 aliphatic heterocycles. The molecule has 0 saturated carbocycles. The van der Waals surface area contributed by atoms with Crippen molar-refractivity contribution in [2.24, 2.45) is 0 Å². The SMILES string of the molecule is CCCC(C)N(C)c1cc(F)cc([N+](=O)[O-])c1. The molecule has 1 aromatic rings. The number of halogens is 1. The monoisotopic (exact) mass is 240 g/mol. The Morgan fingerprint density at radius 3 is 2.65 bits per heavy atom. The van der Waals surface area contributed by atoms with Crippen LogP contribution in [-0.2, 0) is 0 Å². The van der Waals surface area contributed by atoms with Crippen molar-refractivity contribution < 1.29 is 9.31 Å². The lowest BCUT2D eigenvalue weighted by molar-refractivity contribution is -0.385. The fraction of sp³-hybridized carbons (Fsp3) is 0.500. The van der Waals surface area contributed by atoms with E-state index in [0.29, 0.717) is 5.69 Å². The number of nitro benzene ring substituents is 1. The molecule has 0 amide bonds. The molecule has 94 valence electrons. The molecule has 4 nitrogen and oxygen atoms in total. The second kappa shape index (κ2) is 5.61. The molecule has 0 radical (unpaired) electrons. The molecule has 1 unspecified atom stereocenters. The summed E-state index contributed by atoms with van der Waals surface area (Å²) in [4.78, 5) is 11.9. The van der Waals surface area contributed by atoms with E-state index in [1.807, 2.05) is 18.9 Å². The van der Waals surface area contributed by atoms with Crippen LogP contribution in [0.25, 0.3) is 0 Å². The molecular formula is C12H17FN2O2. The van der Waals surface area contributed by atoms with Crippen molar-refractivity contribution in [3.05, 3.63) is 34.1 Å². The Labute approximate surface area is 100 Å². The van der Waals surface area contributed by atoms with Gasteiger partial charge in [0.2, 0.25) is 0 Å². The van der Waals surface area contributed by atoms with Crippen LogP contribution in [0.15, 0.2) is 18.2 Å². The Kier molecular flexibility index (Phi) is 4.43. The highest BCUT2D eigenvalue weighted by molar-refractivity contribution is 5.53. The number of benzene rings is 1. The summed E-state index contributed by atoms with van der Waals surface area (Å²) in [6.45, 7) is 4.08. The van der Waals surface area contributed by atoms with E-state index in [-0.39, 0.29) is 11.7 Å². The topological polar surface area (TPSA) is 46.4 Å². The van der Waals surface area contributed by atoms with Crippen LogP contribution in [0.2, 0.25) is 0 Å². The molecule has 0 bridgehead atoms. The maximum atomic E-state index is 13.3. The van der Waals surface area contributed by atoms with Gasteiger partial charge >= 0.3 is 0 Å². The van der Waals surface area contributed by atoms with E-state index in [2.05, 4.69) is 6.92 Å². The fourth-order valence-corrected chi connectivity index (χ4v) is 1.73. The number of non-ortho nitro benzene ring substituents is 1. The van der Waals surface area contributed by atoms with Gasteiger partial charge in [-0.15, -0.1) is 0 Å². The third-order valence-corrected chi connectivity index (χ3v) is 2.85. The molecule has 1 aromatic carbocycles. The minimum Gasteiger partial charge on any atom is -0.372 e. The summed E-state index contributed by atoms with van der Waals surface area (Å²) in [7, 11) is 1.82. The van der Waals surface area contributed by atoms with Gasteiger partial charge in [-0.1, -0.05) is 13.3 Å². The molecular weight excluding hydrogens is 223 g/mol. The first-order valence-corrected chi connectivity index (χ1v) is 5.63. The van der Waals surface area contributed by atoms with Crippen molar-refractivity contribution in [1.29, 1.82) is 0 Å². The van der Waals surface area contributed by atoms with Crippen molar-refractivity contribution >= 4 is 11.4 Å². The van der Waals surface area contributed by atoms with Crippen molar-refractivity contribution in [2.45, 2.75) is 32.7 Å². The average Bonchev–Trinajstić information content (AvgIpc) is 2.27. The first-order chi connectivity index (χ1) is 7.95. The lowest BCUT2D eigenvalue weighted by atomic mass is 10.1. The van der Waals surface area contributed by atoms with Gasteiger partial charge in [0.1, 0.15) is 5.82 Å². The van der Waals surface area contributed by atoms with Crippen LogP contribution in [0, 0.1) is 15.9 Å². The van der Waals surface area contributed by atoms with Gasteiger partial charge in [0.15, 0.2) is 0 Å². The predicted molar refractivity (Wildman–Crippen MR) is 65.8 cm³/mol. The van der Waals surface area contributed by atoms with Gasteiger partial charge in [-0.3, -0.25) is 10.1 Å². The maximum absolute atomic E-state index is 13.3. The molecule has 17 heavy (non-hydrogen) atoms. The Balaban J connectivity index is 3.01. The van der Waals surface area contributed by atoms with Gasteiger partial charge < -0.3 is 4.90 Å². The first kappa shape index (κ1) is 13.4. The second-order valence-corrected chi connectivity index (χ2v) is 4.17. The molecule has 0 aliphatic rings. The van der Waals surface area contributed by atoms with Crippen LogP contribution in [0.1, 0.15) is 26.7 Å².